The fourth-order valence-electron chi connectivity index (χ4n) is 0.901. The Bertz CT molecular complexity index is 370. The summed E-state index contributed by atoms with van der Waals surface area (Å²) in [5, 5.41) is 21.2. The highest BCUT2D eigenvalue weighted by molar-refractivity contribution is 5.30. The van der Waals surface area contributed by atoms with Crippen molar-refractivity contribution in [3.63, 3.8) is 0 Å². The topological polar surface area (TPSA) is 81.8 Å². The van der Waals surface area contributed by atoms with E-state index in [0.29, 0.717) is 24.6 Å². The van der Waals surface area contributed by atoms with Crippen molar-refractivity contribution < 1.29 is 5.11 Å². The predicted octanol–water partition coefficient (Wildman–Crippen LogP) is 0.921. The molecule has 15 heavy (non-hydrogen) atoms. The van der Waals surface area contributed by atoms with Crippen molar-refractivity contribution in [2.24, 2.45) is 0 Å². The molecule has 0 aromatic carbocycles. The normalized spacial score (nSPS) is 14.0. The third-order valence-corrected chi connectivity index (χ3v) is 2.16. The minimum atomic E-state index is -0.786. The first-order chi connectivity index (χ1) is 7.07. The second kappa shape index (κ2) is 4.71. The number of aliphatic hydroxyl groups is 1. The van der Waals surface area contributed by atoms with Gasteiger partial charge in [0.05, 0.1) is 5.60 Å². The fourth-order valence-corrected chi connectivity index (χ4v) is 0.901. The third kappa shape index (κ3) is 3.52. The van der Waals surface area contributed by atoms with E-state index < -0.39 is 5.60 Å². The zero-order valence-corrected chi connectivity index (χ0v) is 8.86. The summed E-state index contributed by atoms with van der Waals surface area (Å²) >= 11 is 0. The van der Waals surface area contributed by atoms with E-state index >= 15 is 0 Å². The highest BCUT2D eigenvalue weighted by Gasteiger charge is 2.17. The summed E-state index contributed by atoms with van der Waals surface area (Å²) in [7, 11) is 0. The molecule has 1 unspecified atom stereocenters. The van der Waals surface area contributed by atoms with E-state index in [9.17, 15) is 5.11 Å². The number of hydrogen-bond acceptors (Lipinski definition) is 5. The molecule has 2 N–H and O–H groups in total. The molecule has 80 valence electrons. The highest BCUT2D eigenvalue weighted by atomic mass is 16.3. The van der Waals surface area contributed by atoms with Crippen LogP contribution in [0.15, 0.2) is 12.3 Å². The SMILES string of the molecule is CCC(C)(O)CNc1nccc(C#N)n1. The lowest BCUT2D eigenvalue weighted by Gasteiger charge is -2.21. The summed E-state index contributed by atoms with van der Waals surface area (Å²) in [6, 6.07) is 3.46. The lowest BCUT2D eigenvalue weighted by molar-refractivity contribution is 0.0695. The standard InChI is InChI=1S/C10H14N4O/c1-3-10(2,15)7-13-9-12-5-4-8(6-11)14-9/h4-5,15H,3,7H2,1-2H3,(H,12,13,14). The first-order valence-corrected chi connectivity index (χ1v) is 4.77. The Morgan fingerprint density at radius 2 is 2.40 bits per heavy atom. The van der Waals surface area contributed by atoms with E-state index in [0.717, 1.165) is 0 Å². The molecule has 5 heteroatoms. The number of hydrogen-bond donors (Lipinski definition) is 2. The van der Waals surface area contributed by atoms with Gasteiger partial charge in [-0.25, -0.2) is 9.97 Å². The van der Waals surface area contributed by atoms with Crippen LogP contribution in [0.25, 0.3) is 0 Å². The molecule has 0 aliphatic rings. The van der Waals surface area contributed by atoms with Crippen LogP contribution < -0.4 is 5.32 Å². The quantitative estimate of drug-likeness (QED) is 0.765. The molecular weight excluding hydrogens is 192 g/mol. The number of anilines is 1. The van der Waals surface area contributed by atoms with Crippen LogP contribution in [-0.2, 0) is 0 Å². The second-order valence-corrected chi connectivity index (χ2v) is 3.58. The van der Waals surface area contributed by atoms with Crippen molar-refractivity contribution >= 4 is 5.95 Å². The van der Waals surface area contributed by atoms with E-state index in [2.05, 4.69) is 15.3 Å². The van der Waals surface area contributed by atoms with Gasteiger partial charge >= 0.3 is 0 Å². The average molecular weight is 206 g/mol. The first kappa shape index (κ1) is 11.4. The van der Waals surface area contributed by atoms with Gasteiger partial charge in [0.2, 0.25) is 5.95 Å². The lowest BCUT2D eigenvalue weighted by Crippen LogP contribution is -2.32. The minimum Gasteiger partial charge on any atom is -0.388 e. The Morgan fingerprint density at radius 3 is 3.00 bits per heavy atom. The van der Waals surface area contributed by atoms with Crippen LogP contribution in [0.3, 0.4) is 0 Å². The van der Waals surface area contributed by atoms with Crippen molar-refractivity contribution in [2.45, 2.75) is 25.9 Å². The molecule has 0 aliphatic heterocycles. The van der Waals surface area contributed by atoms with Crippen molar-refractivity contribution in [2.75, 3.05) is 11.9 Å². The molecule has 0 fully saturated rings. The zero-order valence-electron chi connectivity index (χ0n) is 8.86. The van der Waals surface area contributed by atoms with Gasteiger partial charge in [0.1, 0.15) is 11.8 Å². The van der Waals surface area contributed by atoms with Gasteiger partial charge in [-0.1, -0.05) is 6.92 Å². The second-order valence-electron chi connectivity index (χ2n) is 3.58. The van der Waals surface area contributed by atoms with E-state index in [1.807, 2.05) is 13.0 Å². The zero-order chi connectivity index (χ0) is 11.3. The van der Waals surface area contributed by atoms with Crippen LogP contribution in [0.2, 0.25) is 0 Å². The Kier molecular flexibility index (Phi) is 3.58. The highest BCUT2D eigenvalue weighted by Crippen LogP contribution is 2.09. The van der Waals surface area contributed by atoms with Gasteiger partial charge in [0, 0.05) is 12.7 Å². The number of nitrogens with one attached hydrogen (secondary N) is 1. The average Bonchev–Trinajstić information content (AvgIpc) is 2.27. The van der Waals surface area contributed by atoms with Gasteiger partial charge in [-0.3, -0.25) is 0 Å². The molecule has 0 spiro atoms. The summed E-state index contributed by atoms with van der Waals surface area (Å²) < 4.78 is 0. The fraction of sp³-hybridized carbons (Fsp3) is 0.500. The van der Waals surface area contributed by atoms with E-state index in [4.69, 9.17) is 5.26 Å². The smallest absolute Gasteiger partial charge is 0.223 e. The molecule has 1 aromatic rings. The lowest BCUT2D eigenvalue weighted by atomic mass is 10.0. The van der Waals surface area contributed by atoms with Crippen LogP contribution >= 0.6 is 0 Å². The summed E-state index contributed by atoms with van der Waals surface area (Å²) in [6.07, 6.45) is 2.15. The van der Waals surface area contributed by atoms with Gasteiger partial charge in [-0.2, -0.15) is 5.26 Å². The minimum absolute atomic E-state index is 0.309. The largest absolute Gasteiger partial charge is 0.388 e. The molecule has 1 aromatic heterocycles. The van der Waals surface area contributed by atoms with Gasteiger partial charge in [0.25, 0.3) is 0 Å². The molecular formula is C10H14N4O. The maximum Gasteiger partial charge on any atom is 0.223 e. The molecule has 0 amide bonds. The summed E-state index contributed by atoms with van der Waals surface area (Å²) in [4.78, 5) is 7.87. The number of nitriles is 1. The van der Waals surface area contributed by atoms with Crippen molar-refractivity contribution in [3.05, 3.63) is 18.0 Å². The van der Waals surface area contributed by atoms with Crippen molar-refractivity contribution in [1.82, 2.24) is 9.97 Å². The molecule has 5 nitrogen and oxygen atoms in total. The molecule has 1 rings (SSSR count). The van der Waals surface area contributed by atoms with Gasteiger partial charge < -0.3 is 10.4 Å². The van der Waals surface area contributed by atoms with Gasteiger partial charge in [0.15, 0.2) is 0 Å². The Morgan fingerprint density at radius 1 is 1.67 bits per heavy atom. The van der Waals surface area contributed by atoms with E-state index in [1.54, 1.807) is 6.92 Å². The third-order valence-electron chi connectivity index (χ3n) is 2.16. The Balaban J connectivity index is 2.62. The molecule has 0 saturated heterocycles. The molecule has 0 radical (unpaired) electrons. The van der Waals surface area contributed by atoms with Crippen LogP contribution in [0.1, 0.15) is 26.0 Å². The molecule has 1 atom stereocenters. The molecule has 1 heterocycles. The summed E-state index contributed by atoms with van der Waals surface area (Å²) in [5.74, 6) is 0.364. The first-order valence-electron chi connectivity index (χ1n) is 4.77. The monoisotopic (exact) mass is 206 g/mol. The van der Waals surface area contributed by atoms with E-state index in [-0.39, 0.29) is 0 Å². The van der Waals surface area contributed by atoms with E-state index in [1.165, 1.54) is 12.3 Å². The molecule has 0 bridgehead atoms. The number of aromatic nitrogens is 2. The van der Waals surface area contributed by atoms with Gasteiger partial charge in [-0.05, 0) is 19.4 Å². The van der Waals surface area contributed by atoms with Crippen LogP contribution in [0, 0.1) is 11.3 Å². The Hall–Kier alpha value is -1.67. The van der Waals surface area contributed by atoms with Crippen molar-refractivity contribution in [3.8, 4) is 6.07 Å². The van der Waals surface area contributed by atoms with Crippen LogP contribution in [0.4, 0.5) is 5.95 Å². The van der Waals surface area contributed by atoms with Gasteiger partial charge in [-0.15, -0.1) is 0 Å². The maximum absolute atomic E-state index is 9.73. The van der Waals surface area contributed by atoms with Crippen molar-refractivity contribution in [1.29, 1.82) is 5.26 Å². The number of rotatable bonds is 4. The Labute approximate surface area is 88.8 Å². The summed E-state index contributed by atoms with van der Waals surface area (Å²) in [5.41, 5.74) is -0.477. The maximum atomic E-state index is 9.73. The molecule has 0 aliphatic carbocycles. The number of nitrogens with zero attached hydrogens (tertiary/aromatic N) is 3. The van der Waals surface area contributed by atoms with Crippen LogP contribution in [-0.4, -0.2) is 27.2 Å². The summed E-state index contributed by atoms with van der Waals surface area (Å²) in [6.45, 7) is 3.99. The van der Waals surface area contributed by atoms with Crippen LogP contribution in [0.5, 0.6) is 0 Å². The molecule has 0 saturated carbocycles. The predicted molar refractivity (Wildman–Crippen MR) is 56.2 cm³/mol.